The average molecular weight is 954 g/mol. The second kappa shape index (κ2) is 25.0. The number of carbonyl (C=O) groups excluding carboxylic acids is 7. The molecule has 3 aromatic carbocycles. The smallest absolute Gasteiger partial charge is 0.337 e. The molecule has 0 unspecified atom stereocenters. The third-order valence-corrected chi connectivity index (χ3v) is 12.2. The number of H-pyrrole nitrogens is 2. The number of hydrazine groups is 1. The molecule has 0 saturated heterocycles. The number of Topliss-reactive ketones (excluding diaryl/α,β-unsaturated/α-hetero) is 1. The number of hydrogen-bond donors (Lipinski definition) is 9. The van der Waals surface area contributed by atoms with Gasteiger partial charge >= 0.3 is 6.03 Å². The van der Waals surface area contributed by atoms with Crippen LogP contribution < -0.4 is 38.2 Å². The Labute approximate surface area is 407 Å². The molecular weight excluding hydrogens is 891 g/mol. The van der Waals surface area contributed by atoms with E-state index in [4.69, 9.17) is 11.5 Å². The molecule has 0 aliphatic carbocycles. The third-order valence-electron chi connectivity index (χ3n) is 12.2. The summed E-state index contributed by atoms with van der Waals surface area (Å²) < 4.78 is 0. The number of para-hydroxylation sites is 2. The van der Waals surface area contributed by atoms with Gasteiger partial charge in [0.1, 0.15) is 24.7 Å². The minimum Gasteiger partial charge on any atom is -0.368 e. The van der Waals surface area contributed by atoms with Gasteiger partial charge in [0.2, 0.25) is 23.6 Å². The van der Waals surface area contributed by atoms with Gasteiger partial charge in [0.05, 0.1) is 18.6 Å². The number of aromatic nitrogens is 2. The molecule has 1 aliphatic rings. The topological polar surface area (TPSA) is 270 Å². The first-order valence-electron chi connectivity index (χ1n) is 23.5. The molecule has 368 valence electrons. The highest BCUT2D eigenvalue weighted by Gasteiger charge is 2.33. The van der Waals surface area contributed by atoms with Gasteiger partial charge in [-0.2, -0.15) is 0 Å². The van der Waals surface area contributed by atoms with Crippen LogP contribution in [0.25, 0.3) is 21.8 Å². The van der Waals surface area contributed by atoms with Crippen molar-refractivity contribution in [2.75, 3.05) is 26.2 Å². The first-order chi connectivity index (χ1) is 33.7. The van der Waals surface area contributed by atoms with E-state index >= 15 is 0 Å². The lowest BCUT2D eigenvalue weighted by atomic mass is 9.89. The zero-order valence-corrected chi connectivity index (χ0v) is 39.6. The Morgan fingerprint density at radius 3 is 2.01 bits per heavy atom. The minimum absolute atomic E-state index is 0.0314. The molecule has 2 aromatic heterocycles. The van der Waals surface area contributed by atoms with Gasteiger partial charge < -0.3 is 42.7 Å². The minimum atomic E-state index is -1.30. The van der Waals surface area contributed by atoms with Crippen molar-refractivity contribution in [3.8, 4) is 11.8 Å². The number of rotatable bonds is 11. The highest BCUT2D eigenvalue weighted by molar-refractivity contribution is 5.97. The molecular formula is C52H63N11O7. The number of nitrogens with two attached hydrogens (primary N) is 2. The lowest BCUT2D eigenvalue weighted by Gasteiger charge is -2.27. The van der Waals surface area contributed by atoms with Gasteiger partial charge in [-0.1, -0.05) is 84.6 Å². The van der Waals surface area contributed by atoms with Crippen LogP contribution >= 0.6 is 0 Å². The molecule has 6 atom stereocenters. The Kier molecular flexibility index (Phi) is 18.5. The molecule has 7 amide bonds. The Morgan fingerprint density at radius 2 is 1.39 bits per heavy atom. The summed E-state index contributed by atoms with van der Waals surface area (Å²) in [6, 6.07) is 17.5. The van der Waals surface area contributed by atoms with Gasteiger partial charge in [0, 0.05) is 65.9 Å². The normalized spacial score (nSPS) is 21.4. The fourth-order valence-corrected chi connectivity index (χ4v) is 8.32. The fourth-order valence-electron chi connectivity index (χ4n) is 8.32. The molecule has 18 nitrogen and oxygen atoms in total. The number of ketones is 1. The summed E-state index contributed by atoms with van der Waals surface area (Å²) in [5, 5.41) is 13.7. The summed E-state index contributed by atoms with van der Waals surface area (Å²) in [6.45, 7) is 7.72. The van der Waals surface area contributed by atoms with Crippen LogP contribution in [0.5, 0.6) is 0 Å². The molecule has 70 heavy (non-hydrogen) atoms. The van der Waals surface area contributed by atoms with E-state index in [0.29, 0.717) is 31.5 Å². The molecule has 3 heterocycles. The van der Waals surface area contributed by atoms with Gasteiger partial charge in [0.15, 0.2) is 5.78 Å². The van der Waals surface area contributed by atoms with Crippen LogP contribution in [0.3, 0.4) is 0 Å². The summed E-state index contributed by atoms with van der Waals surface area (Å²) in [6.07, 6.45) is 6.36. The molecule has 0 saturated carbocycles. The Balaban J connectivity index is 1.35. The van der Waals surface area contributed by atoms with Crippen LogP contribution in [0.4, 0.5) is 4.79 Å². The average Bonchev–Trinajstić information content (AvgIpc) is 3.95. The van der Waals surface area contributed by atoms with Crippen molar-refractivity contribution in [3.05, 3.63) is 121 Å². The summed E-state index contributed by atoms with van der Waals surface area (Å²) >= 11 is 0. The molecule has 5 aromatic rings. The monoisotopic (exact) mass is 953 g/mol. The Morgan fingerprint density at radius 1 is 0.771 bits per heavy atom. The van der Waals surface area contributed by atoms with Crippen molar-refractivity contribution >= 4 is 63.2 Å². The molecule has 6 rings (SSSR count). The number of benzene rings is 3. The first kappa shape index (κ1) is 51.6. The van der Waals surface area contributed by atoms with E-state index in [0.717, 1.165) is 37.9 Å². The summed E-state index contributed by atoms with van der Waals surface area (Å²) in [4.78, 5) is 106. The van der Waals surface area contributed by atoms with E-state index in [1.807, 2.05) is 83.8 Å². The molecule has 11 N–H and O–H groups in total. The third kappa shape index (κ3) is 14.4. The van der Waals surface area contributed by atoms with Crippen LogP contribution in [0, 0.1) is 17.8 Å². The first-order valence-corrected chi connectivity index (χ1v) is 23.5. The van der Waals surface area contributed by atoms with E-state index in [-0.39, 0.29) is 45.2 Å². The number of aromatic amines is 2. The fraction of sp³-hybridized carbons (Fsp3) is 0.365. The quantitative estimate of drug-likeness (QED) is 0.0695. The Hall–Kier alpha value is -7.75. The number of nitrogens with zero attached hydrogens (tertiary/aromatic N) is 2. The SMILES string of the molecule is C=CCN1CC#CCN(NC(=O)[C@H](C)N)C(=O)N[C@H](Cc2c[nH]c3ccccc23)C(=O)N[C@@H](C)C(=O)N[C@@H](Cc2c[nH]c3ccccc23)C(=O)C[C@H](Cc2ccccc2)C(=O)N[C@H](C(N)=O)CCCC1. The van der Waals surface area contributed by atoms with Crippen LogP contribution in [0.15, 0.2) is 104 Å². The van der Waals surface area contributed by atoms with Crippen molar-refractivity contribution in [1.82, 2.24) is 46.6 Å². The predicted octanol–water partition coefficient (Wildman–Crippen LogP) is 2.65. The molecule has 1 aliphatic heterocycles. The Bertz CT molecular complexity index is 2720. The molecule has 0 spiro atoms. The highest BCUT2D eigenvalue weighted by atomic mass is 16.2. The maximum absolute atomic E-state index is 14.7. The van der Waals surface area contributed by atoms with Gasteiger partial charge in [0.25, 0.3) is 5.91 Å². The van der Waals surface area contributed by atoms with E-state index in [2.05, 4.69) is 55.1 Å². The van der Waals surface area contributed by atoms with E-state index < -0.39 is 77.5 Å². The van der Waals surface area contributed by atoms with Crippen molar-refractivity contribution in [2.45, 2.75) is 89.0 Å². The lowest BCUT2D eigenvalue weighted by Crippen LogP contribution is -2.59. The van der Waals surface area contributed by atoms with Crippen LogP contribution in [-0.4, -0.2) is 118 Å². The molecule has 0 radical (unpaired) electrons. The predicted molar refractivity (Wildman–Crippen MR) is 267 cm³/mol. The highest BCUT2D eigenvalue weighted by Crippen LogP contribution is 2.23. The van der Waals surface area contributed by atoms with E-state index in [1.54, 1.807) is 18.5 Å². The number of nitrogens with one attached hydrogen (secondary N) is 7. The maximum atomic E-state index is 14.7. The maximum Gasteiger partial charge on any atom is 0.337 e. The second-order valence-electron chi connectivity index (χ2n) is 17.7. The van der Waals surface area contributed by atoms with Gasteiger partial charge in [-0.25, -0.2) is 9.80 Å². The van der Waals surface area contributed by atoms with Crippen molar-refractivity contribution in [2.24, 2.45) is 17.4 Å². The molecule has 0 fully saturated rings. The van der Waals surface area contributed by atoms with Crippen molar-refractivity contribution in [1.29, 1.82) is 0 Å². The number of amides is 7. The number of urea groups is 1. The number of fused-ring (bicyclic) bond motifs is 2. The lowest BCUT2D eigenvalue weighted by molar-refractivity contribution is -0.134. The number of carbonyl (C=O) groups is 7. The molecule has 0 bridgehead atoms. The van der Waals surface area contributed by atoms with Gasteiger partial charge in [-0.15, -0.1) is 6.58 Å². The van der Waals surface area contributed by atoms with Crippen LogP contribution in [-0.2, 0) is 48.0 Å². The van der Waals surface area contributed by atoms with Crippen molar-refractivity contribution < 1.29 is 33.6 Å². The second-order valence-corrected chi connectivity index (χ2v) is 17.7. The van der Waals surface area contributed by atoms with E-state index in [9.17, 15) is 33.6 Å². The van der Waals surface area contributed by atoms with Crippen molar-refractivity contribution in [3.63, 3.8) is 0 Å². The standard InChI is InChI=1S/C52H63N11O7/c1-4-23-62-24-13-12-22-43(47(54)65)58-50(68)36(27-35-16-6-5-7-17-35)30-46(64)44(28-37-31-55-41-20-10-8-18-39(37)41)59-49(67)34(3)57-51(69)45(29-38-32-56-42-21-11-9-19-40(38)42)60-52(70)63(26-15-14-25-62)61-48(66)33(2)53/h4-11,16-21,31-34,36,43-45,55-56H,1,12-13,22-30,53H2,2-3H3,(H2,54,65)(H,57,69)(H,58,68)(H,59,67)(H,60,70)(H,61,66)/t33-,34-,36-,43-,44-,45+/m0/s1. The summed E-state index contributed by atoms with van der Waals surface area (Å²) in [5.74, 6) is 1.17. The summed E-state index contributed by atoms with van der Waals surface area (Å²) in [5.41, 5.74) is 18.0. The largest absolute Gasteiger partial charge is 0.368 e. The molecule has 18 heteroatoms. The zero-order chi connectivity index (χ0) is 50.2. The summed E-state index contributed by atoms with van der Waals surface area (Å²) in [7, 11) is 0. The zero-order valence-electron chi connectivity index (χ0n) is 39.6. The van der Waals surface area contributed by atoms with Gasteiger partial charge in [-0.3, -0.25) is 39.1 Å². The number of hydrogen-bond acceptors (Lipinski definition) is 9. The van der Waals surface area contributed by atoms with Gasteiger partial charge in [-0.05, 0) is 74.9 Å². The van der Waals surface area contributed by atoms with Crippen LogP contribution in [0.1, 0.15) is 56.2 Å². The van der Waals surface area contributed by atoms with Crippen LogP contribution in [0.2, 0.25) is 0 Å². The van der Waals surface area contributed by atoms with E-state index in [1.165, 1.54) is 13.8 Å². The number of primary amides is 1.